The van der Waals surface area contributed by atoms with Gasteiger partial charge in [0.15, 0.2) is 0 Å². The van der Waals surface area contributed by atoms with Crippen molar-refractivity contribution in [3.8, 4) is 0 Å². The van der Waals surface area contributed by atoms with Crippen LogP contribution in [0.5, 0.6) is 0 Å². The summed E-state index contributed by atoms with van der Waals surface area (Å²) in [5.74, 6) is 0. The topological polar surface area (TPSA) is 26.3 Å². The zero-order chi connectivity index (χ0) is 14.8. The summed E-state index contributed by atoms with van der Waals surface area (Å²) in [6.07, 6.45) is 3.65. The Kier molecular flexibility index (Phi) is 2.11. The highest BCUT2D eigenvalue weighted by Crippen LogP contribution is 2.36. The Morgan fingerprint density at radius 2 is 0.864 bits per heavy atom. The summed E-state index contributed by atoms with van der Waals surface area (Å²) < 4.78 is 11.6. The summed E-state index contributed by atoms with van der Waals surface area (Å²) in [6.45, 7) is 4.15. The number of aryl methyl sites for hydroxylation is 2. The lowest BCUT2D eigenvalue weighted by molar-refractivity contribution is 0.615. The average molecular weight is 286 g/mol. The molecule has 106 valence electrons. The molecule has 2 heterocycles. The quantitative estimate of drug-likeness (QED) is 0.321. The average Bonchev–Trinajstić information content (AvgIpc) is 3.11. The Hall–Kier alpha value is -2.74. The van der Waals surface area contributed by atoms with Gasteiger partial charge in [-0.05, 0) is 47.9 Å². The summed E-state index contributed by atoms with van der Waals surface area (Å²) in [7, 11) is 0. The molecule has 2 heteroatoms. The van der Waals surface area contributed by atoms with Crippen LogP contribution >= 0.6 is 0 Å². The summed E-state index contributed by atoms with van der Waals surface area (Å²) >= 11 is 0. The van der Waals surface area contributed by atoms with Gasteiger partial charge < -0.3 is 8.83 Å². The van der Waals surface area contributed by atoms with Gasteiger partial charge in [0.2, 0.25) is 0 Å². The molecule has 0 spiro atoms. The molecule has 0 saturated carbocycles. The van der Waals surface area contributed by atoms with Crippen LogP contribution in [0, 0.1) is 13.8 Å². The van der Waals surface area contributed by atoms with Crippen molar-refractivity contribution < 1.29 is 8.83 Å². The van der Waals surface area contributed by atoms with E-state index in [4.69, 9.17) is 8.83 Å². The fourth-order valence-corrected chi connectivity index (χ4v) is 3.46. The van der Waals surface area contributed by atoms with Crippen LogP contribution in [0.25, 0.3) is 43.5 Å². The van der Waals surface area contributed by atoms with Crippen LogP contribution in [0.15, 0.2) is 57.8 Å². The summed E-state index contributed by atoms with van der Waals surface area (Å²) in [5, 5.41) is 7.08. The van der Waals surface area contributed by atoms with E-state index in [1.54, 1.807) is 0 Å². The Morgan fingerprint density at radius 1 is 0.500 bits per heavy atom. The van der Waals surface area contributed by atoms with Gasteiger partial charge in [-0.1, -0.05) is 24.3 Å². The van der Waals surface area contributed by atoms with Crippen molar-refractivity contribution in [2.75, 3.05) is 0 Å². The molecule has 0 unspecified atom stereocenters. The molecule has 0 aliphatic rings. The Labute approximate surface area is 126 Å². The zero-order valence-electron chi connectivity index (χ0n) is 12.4. The van der Waals surface area contributed by atoms with Crippen molar-refractivity contribution in [3.63, 3.8) is 0 Å². The maximum absolute atomic E-state index is 5.78. The van der Waals surface area contributed by atoms with E-state index in [2.05, 4.69) is 50.2 Å². The summed E-state index contributed by atoms with van der Waals surface area (Å²) in [5.41, 5.74) is 4.28. The maximum atomic E-state index is 5.78. The SMILES string of the molecule is Cc1coc2c1ccc1c3ccc4c(C)coc4c3ccc12. The van der Waals surface area contributed by atoms with Crippen molar-refractivity contribution in [1.82, 2.24) is 0 Å². The lowest BCUT2D eigenvalue weighted by Gasteiger charge is -2.05. The normalized spacial score (nSPS) is 12.1. The third kappa shape index (κ3) is 1.34. The van der Waals surface area contributed by atoms with Gasteiger partial charge in [0, 0.05) is 21.5 Å². The maximum Gasteiger partial charge on any atom is 0.141 e. The van der Waals surface area contributed by atoms with Gasteiger partial charge in [-0.3, -0.25) is 0 Å². The minimum absolute atomic E-state index is 0.965. The van der Waals surface area contributed by atoms with Crippen molar-refractivity contribution in [2.24, 2.45) is 0 Å². The van der Waals surface area contributed by atoms with Crippen LogP contribution in [0.2, 0.25) is 0 Å². The number of rotatable bonds is 0. The number of furan rings is 2. The van der Waals surface area contributed by atoms with E-state index < -0.39 is 0 Å². The van der Waals surface area contributed by atoms with Gasteiger partial charge in [0.25, 0.3) is 0 Å². The van der Waals surface area contributed by atoms with Crippen LogP contribution in [0.1, 0.15) is 11.1 Å². The Balaban J connectivity index is 2.03. The molecule has 22 heavy (non-hydrogen) atoms. The van der Waals surface area contributed by atoms with E-state index in [1.807, 2.05) is 12.5 Å². The molecule has 0 amide bonds. The number of hydrogen-bond acceptors (Lipinski definition) is 2. The van der Waals surface area contributed by atoms with E-state index in [0.717, 1.165) is 21.9 Å². The van der Waals surface area contributed by atoms with E-state index in [1.165, 1.54) is 32.7 Å². The molecule has 2 nitrogen and oxygen atoms in total. The van der Waals surface area contributed by atoms with Crippen molar-refractivity contribution >= 4 is 43.5 Å². The van der Waals surface area contributed by atoms with Gasteiger partial charge in [0.05, 0.1) is 12.5 Å². The van der Waals surface area contributed by atoms with Gasteiger partial charge in [-0.2, -0.15) is 0 Å². The molecule has 5 rings (SSSR count). The smallest absolute Gasteiger partial charge is 0.141 e. The molecule has 0 atom stereocenters. The van der Waals surface area contributed by atoms with Crippen LogP contribution in [-0.2, 0) is 0 Å². The number of benzene rings is 3. The summed E-state index contributed by atoms with van der Waals surface area (Å²) in [6, 6.07) is 12.9. The van der Waals surface area contributed by atoms with E-state index in [9.17, 15) is 0 Å². The lowest BCUT2D eigenvalue weighted by atomic mass is 9.98. The van der Waals surface area contributed by atoms with E-state index >= 15 is 0 Å². The highest BCUT2D eigenvalue weighted by Gasteiger charge is 2.12. The first-order valence-corrected chi connectivity index (χ1v) is 7.44. The second kappa shape index (κ2) is 3.92. The molecule has 0 radical (unpaired) electrons. The standard InChI is InChI=1S/C20H14O2/c1-11-9-21-19-13(11)3-5-15-16-6-4-14-12(2)10-22-20(14)18(16)8-7-17(15)19/h3-10H,1-2H3. The zero-order valence-corrected chi connectivity index (χ0v) is 12.4. The highest BCUT2D eigenvalue weighted by atomic mass is 16.3. The molecule has 0 N–H and O–H groups in total. The molecule has 2 aromatic heterocycles. The monoisotopic (exact) mass is 286 g/mol. The van der Waals surface area contributed by atoms with Crippen LogP contribution in [-0.4, -0.2) is 0 Å². The number of fused-ring (bicyclic) bond motifs is 7. The Bertz CT molecular complexity index is 1090. The first-order valence-electron chi connectivity index (χ1n) is 7.44. The second-order valence-electron chi connectivity index (χ2n) is 5.98. The molecular formula is C20H14O2. The first kappa shape index (κ1) is 11.9. The lowest BCUT2D eigenvalue weighted by Crippen LogP contribution is -1.80. The molecule has 0 bridgehead atoms. The van der Waals surface area contributed by atoms with Gasteiger partial charge in [-0.25, -0.2) is 0 Å². The van der Waals surface area contributed by atoms with E-state index in [0.29, 0.717) is 0 Å². The predicted octanol–water partition coefficient (Wildman–Crippen LogP) is 6.10. The third-order valence-corrected chi connectivity index (χ3v) is 4.66. The van der Waals surface area contributed by atoms with Gasteiger partial charge >= 0.3 is 0 Å². The van der Waals surface area contributed by atoms with Crippen molar-refractivity contribution in [2.45, 2.75) is 13.8 Å². The van der Waals surface area contributed by atoms with Crippen molar-refractivity contribution in [1.29, 1.82) is 0 Å². The molecule has 5 aromatic rings. The largest absolute Gasteiger partial charge is 0.463 e. The fraction of sp³-hybridized carbons (Fsp3) is 0.100. The molecule has 3 aromatic carbocycles. The third-order valence-electron chi connectivity index (χ3n) is 4.66. The molecular weight excluding hydrogens is 272 g/mol. The Morgan fingerprint density at radius 3 is 1.32 bits per heavy atom. The molecule has 0 fully saturated rings. The minimum atomic E-state index is 0.965. The molecule has 0 aliphatic heterocycles. The minimum Gasteiger partial charge on any atom is -0.463 e. The fourth-order valence-electron chi connectivity index (χ4n) is 3.46. The van der Waals surface area contributed by atoms with Gasteiger partial charge in [0.1, 0.15) is 11.2 Å². The second-order valence-corrected chi connectivity index (χ2v) is 5.98. The van der Waals surface area contributed by atoms with Crippen LogP contribution in [0.3, 0.4) is 0 Å². The number of hydrogen-bond donors (Lipinski definition) is 0. The molecule has 0 saturated heterocycles. The summed E-state index contributed by atoms with van der Waals surface area (Å²) in [4.78, 5) is 0. The van der Waals surface area contributed by atoms with Crippen LogP contribution in [0.4, 0.5) is 0 Å². The highest BCUT2D eigenvalue weighted by molar-refractivity contribution is 6.20. The predicted molar refractivity (Wildman–Crippen MR) is 90.5 cm³/mol. The first-order chi connectivity index (χ1) is 10.7. The van der Waals surface area contributed by atoms with Crippen molar-refractivity contribution in [3.05, 3.63) is 60.1 Å². The molecule has 0 aliphatic carbocycles. The van der Waals surface area contributed by atoms with Crippen LogP contribution < -0.4 is 0 Å². The van der Waals surface area contributed by atoms with E-state index in [-0.39, 0.29) is 0 Å². The van der Waals surface area contributed by atoms with Gasteiger partial charge in [-0.15, -0.1) is 0 Å².